The van der Waals surface area contributed by atoms with Crippen LogP contribution in [0.5, 0.6) is 5.75 Å². The molecule has 3 aromatic rings. The molecule has 0 radical (unpaired) electrons. The summed E-state index contributed by atoms with van der Waals surface area (Å²) in [5, 5.41) is 0.629. The Morgan fingerprint density at radius 1 is 1.14 bits per heavy atom. The number of hydrogen-bond acceptors (Lipinski definition) is 5. The average Bonchev–Trinajstić information content (AvgIpc) is 3.02. The lowest BCUT2D eigenvalue weighted by atomic mass is 9.98. The van der Waals surface area contributed by atoms with Crippen molar-refractivity contribution in [2.24, 2.45) is 0 Å². The lowest BCUT2D eigenvalue weighted by molar-refractivity contribution is -0.396. The second-order valence-corrected chi connectivity index (χ2v) is 8.66. The minimum atomic E-state index is -3.30. The summed E-state index contributed by atoms with van der Waals surface area (Å²) in [5.74, 6) is 1.16. The zero-order valence-electron chi connectivity index (χ0n) is 16.2. The topological polar surface area (TPSA) is 90.2 Å². The number of carbonyl (C=O) groups is 1. The van der Waals surface area contributed by atoms with Crippen molar-refractivity contribution in [2.75, 3.05) is 13.4 Å². The zero-order chi connectivity index (χ0) is 20.3. The van der Waals surface area contributed by atoms with E-state index >= 15 is 0 Å². The van der Waals surface area contributed by atoms with Gasteiger partial charge in [0, 0.05) is 29.5 Å². The van der Waals surface area contributed by atoms with Crippen LogP contribution in [0.25, 0.3) is 11.0 Å². The molecule has 3 rings (SSSR count). The van der Waals surface area contributed by atoms with Crippen LogP contribution in [0.4, 0.5) is 5.69 Å². The fourth-order valence-corrected chi connectivity index (χ4v) is 3.78. The summed E-state index contributed by atoms with van der Waals surface area (Å²) in [6.07, 6.45) is 3.65. The first-order valence-electron chi connectivity index (χ1n) is 9.11. The highest BCUT2D eigenvalue weighted by Gasteiger charge is 2.23. The Morgan fingerprint density at radius 2 is 1.86 bits per heavy atom. The number of carbonyl (C=O) groups excluding carboxylic acids is 1. The second-order valence-electron chi connectivity index (χ2n) is 6.76. The van der Waals surface area contributed by atoms with Gasteiger partial charge in [0.1, 0.15) is 22.8 Å². The van der Waals surface area contributed by atoms with Crippen LogP contribution in [0.2, 0.25) is 0 Å². The summed E-state index contributed by atoms with van der Waals surface area (Å²) in [6, 6.07) is 12.0. The van der Waals surface area contributed by atoms with E-state index in [9.17, 15) is 13.2 Å². The average molecular weight is 402 g/mol. The molecule has 0 atom stereocenters. The molecule has 0 spiro atoms. The maximum Gasteiger partial charge on any atom is 0.295 e. The molecule has 2 N–H and O–H groups in total. The highest BCUT2D eigenvalue weighted by molar-refractivity contribution is 7.84. The van der Waals surface area contributed by atoms with Gasteiger partial charge in [-0.15, -0.1) is 0 Å². The number of quaternary nitrogens is 1. The third kappa shape index (κ3) is 4.43. The standard InChI is InChI=1S/C21H23NO5S/c1-4-5-6-19-20(21(23)14-7-10-16(26-2)11-8-14)17-13-15(22-28(3,24)25)9-12-18(17)27-19/h7-13,22H,4-6H2,1-3H3/p+1. The zero-order valence-corrected chi connectivity index (χ0v) is 17.0. The van der Waals surface area contributed by atoms with E-state index in [0.717, 1.165) is 19.1 Å². The molecule has 148 valence electrons. The first kappa shape index (κ1) is 20.1. The van der Waals surface area contributed by atoms with Crippen LogP contribution in [0.1, 0.15) is 41.4 Å². The molecule has 0 saturated heterocycles. The van der Waals surface area contributed by atoms with E-state index < -0.39 is 10.0 Å². The minimum absolute atomic E-state index is 0.149. The third-order valence-corrected chi connectivity index (χ3v) is 5.17. The molecule has 0 fully saturated rings. The summed E-state index contributed by atoms with van der Waals surface area (Å²) < 4.78 is 35.6. The highest BCUT2D eigenvalue weighted by atomic mass is 32.2. The second kappa shape index (κ2) is 8.16. The summed E-state index contributed by atoms with van der Waals surface area (Å²) in [6.45, 7) is 2.08. The molecule has 0 saturated carbocycles. The SMILES string of the molecule is CCCCc1oc2ccc([NH2+]S(C)(=O)=O)cc2c1C(=O)c1ccc(OC)cc1. The molecule has 0 aliphatic heterocycles. The lowest BCUT2D eigenvalue weighted by Crippen LogP contribution is -2.81. The Morgan fingerprint density at radius 3 is 2.46 bits per heavy atom. The number of ether oxygens (including phenoxy) is 1. The number of rotatable bonds is 8. The molecule has 0 unspecified atom stereocenters. The lowest BCUT2D eigenvalue weighted by Gasteiger charge is -2.05. The van der Waals surface area contributed by atoms with Crippen LogP contribution in [0.3, 0.4) is 0 Å². The summed E-state index contributed by atoms with van der Waals surface area (Å²) in [7, 11) is -1.73. The van der Waals surface area contributed by atoms with Crippen LogP contribution >= 0.6 is 0 Å². The van der Waals surface area contributed by atoms with Gasteiger partial charge < -0.3 is 9.15 Å². The van der Waals surface area contributed by atoms with Crippen LogP contribution in [-0.2, 0) is 16.4 Å². The molecule has 1 aromatic heterocycles. The van der Waals surface area contributed by atoms with Crippen molar-refractivity contribution in [3.63, 3.8) is 0 Å². The first-order chi connectivity index (χ1) is 13.3. The van der Waals surface area contributed by atoms with Crippen LogP contribution in [-0.4, -0.2) is 27.6 Å². The van der Waals surface area contributed by atoms with Gasteiger partial charge in [0.2, 0.25) is 0 Å². The number of aryl methyl sites for hydroxylation is 1. The van der Waals surface area contributed by atoms with Gasteiger partial charge in [-0.05, 0) is 36.8 Å². The third-order valence-electron chi connectivity index (χ3n) is 4.47. The molecule has 0 aliphatic rings. The van der Waals surface area contributed by atoms with E-state index in [4.69, 9.17) is 9.15 Å². The molecule has 0 amide bonds. The van der Waals surface area contributed by atoms with Crippen molar-refractivity contribution in [1.29, 1.82) is 0 Å². The summed E-state index contributed by atoms with van der Waals surface area (Å²) in [4.78, 5) is 13.3. The smallest absolute Gasteiger partial charge is 0.295 e. The maximum absolute atomic E-state index is 13.3. The van der Waals surface area contributed by atoms with Crippen molar-refractivity contribution < 1.29 is 27.1 Å². The molecule has 28 heavy (non-hydrogen) atoms. The van der Waals surface area contributed by atoms with Gasteiger partial charge in [0.25, 0.3) is 10.0 Å². The molecule has 0 aliphatic carbocycles. The highest BCUT2D eigenvalue weighted by Crippen LogP contribution is 2.31. The number of primary sulfonamides is 1. The molecular weight excluding hydrogens is 378 g/mol. The van der Waals surface area contributed by atoms with Crippen molar-refractivity contribution in [1.82, 2.24) is 0 Å². The van der Waals surface area contributed by atoms with Gasteiger partial charge >= 0.3 is 0 Å². The Labute approximate surface area is 164 Å². The monoisotopic (exact) mass is 402 g/mol. The van der Waals surface area contributed by atoms with E-state index in [1.165, 1.54) is 4.72 Å². The number of benzene rings is 2. The molecular formula is C21H24NO5S+. The van der Waals surface area contributed by atoms with Crippen molar-refractivity contribution in [2.45, 2.75) is 26.2 Å². The molecule has 2 aromatic carbocycles. The van der Waals surface area contributed by atoms with Gasteiger partial charge in [-0.25, -0.2) is 4.72 Å². The molecule has 0 bridgehead atoms. The number of sulfonamides is 1. The van der Waals surface area contributed by atoms with E-state index in [-0.39, 0.29) is 5.78 Å². The summed E-state index contributed by atoms with van der Waals surface area (Å²) >= 11 is 0. The number of furan rings is 1. The van der Waals surface area contributed by atoms with Crippen molar-refractivity contribution >= 4 is 32.5 Å². The number of fused-ring (bicyclic) bond motifs is 1. The van der Waals surface area contributed by atoms with Crippen molar-refractivity contribution in [3.8, 4) is 5.75 Å². The molecule has 6 nitrogen and oxygen atoms in total. The predicted molar refractivity (Wildman–Crippen MR) is 108 cm³/mol. The number of ketones is 1. The van der Waals surface area contributed by atoms with E-state index in [0.29, 0.717) is 45.7 Å². The van der Waals surface area contributed by atoms with Gasteiger partial charge in [-0.3, -0.25) is 4.79 Å². The largest absolute Gasteiger partial charge is 0.497 e. The van der Waals surface area contributed by atoms with Gasteiger partial charge in [0.05, 0.1) is 18.9 Å². The Hall–Kier alpha value is -2.64. The van der Waals surface area contributed by atoms with Crippen molar-refractivity contribution in [3.05, 3.63) is 59.4 Å². The van der Waals surface area contributed by atoms with Gasteiger partial charge in [0.15, 0.2) is 5.78 Å². The predicted octanol–water partition coefficient (Wildman–Crippen LogP) is 3.17. The Balaban J connectivity index is 2.12. The number of nitrogens with two attached hydrogens (primary N) is 1. The number of methoxy groups -OCH3 is 1. The molecule has 1 heterocycles. The van der Waals surface area contributed by atoms with E-state index in [1.807, 2.05) is 0 Å². The van der Waals surface area contributed by atoms with Crippen LogP contribution in [0.15, 0.2) is 46.9 Å². The van der Waals surface area contributed by atoms with Crippen LogP contribution < -0.4 is 9.46 Å². The van der Waals surface area contributed by atoms with Gasteiger partial charge in [-0.1, -0.05) is 13.3 Å². The Bertz CT molecular complexity index is 1100. The number of unbranched alkanes of at least 4 members (excludes halogenated alkanes) is 1. The fourth-order valence-electron chi connectivity index (χ4n) is 3.14. The van der Waals surface area contributed by atoms with Crippen LogP contribution in [0, 0.1) is 0 Å². The first-order valence-corrected chi connectivity index (χ1v) is 11.1. The summed E-state index contributed by atoms with van der Waals surface area (Å²) in [5.41, 5.74) is 2.12. The minimum Gasteiger partial charge on any atom is -0.497 e. The quantitative estimate of drug-likeness (QED) is 0.462. The normalized spacial score (nSPS) is 11.7. The van der Waals surface area contributed by atoms with Gasteiger partial charge in [-0.2, -0.15) is 8.42 Å². The fraction of sp³-hybridized carbons (Fsp3) is 0.286. The number of hydrogen-bond donors (Lipinski definition) is 1. The van der Waals surface area contributed by atoms with E-state index in [2.05, 4.69) is 6.92 Å². The Kier molecular flexibility index (Phi) is 5.86. The van der Waals surface area contributed by atoms with E-state index in [1.54, 1.807) is 49.6 Å². The molecule has 7 heteroatoms. The maximum atomic E-state index is 13.3.